The van der Waals surface area contributed by atoms with Crippen molar-refractivity contribution in [1.82, 2.24) is 19.1 Å². The summed E-state index contributed by atoms with van der Waals surface area (Å²) in [7, 11) is 0. The minimum absolute atomic E-state index is 0. The van der Waals surface area contributed by atoms with Crippen LogP contribution in [0.15, 0.2) is 65.8 Å². The van der Waals surface area contributed by atoms with E-state index in [2.05, 4.69) is 16.0 Å². The van der Waals surface area contributed by atoms with Crippen molar-refractivity contribution in [2.75, 3.05) is 18.0 Å². The summed E-state index contributed by atoms with van der Waals surface area (Å²) in [6.07, 6.45) is 4.64. The number of hydrogen-bond donors (Lipinski definition) is 1. The van der Waals surface area contributed by atoms with Crippen LogP contribution in [-0.4, -0.2) is 38.2 Å². The highest BCUT2D eigenvalue weighted by Gasteiger charge is 2.30. The molecule has 39 heavy (non-hydrogen) atoms. The molecule has 11 heteroatoms. The van der Waals surface area contributed by atoms with Crippen LogP contribution < -0.4 is 16.2 Å². The van der Waals surface area contributed by atoms with Gasteiger partial charge in [0.05, 0.1) is 24.3 Å². The number of fused-ring (bicyclic) bond motifs is 2. The summed E-state index contributed by atoms with van der Waals surface area (Å²) >= 11 is 0. The zero-order valence-corrected chi connectivity index (χ0v) is 21.5. The lowest BCUT2D eigenvalue weighted by molar-refractivity contribution is 0.501. The van der Waals surface area contributed by atoms with E-state index >= 15 is 4.39 Å². The highest BCUT2D eigenvalue weighted by Crippen LogP contribution is 2.35. The van der Waals surface area contributed by atoms with Crippen LogP contribution in [0, 0.1) is 23.0 Å². The number of nitriles is 1. The lowest BCUT2D eigenvalue weighted by Crippen LogP contribution is -2.44. The van der Waals surface area contributed by atoms with Crippen LogP contribution in [0.3, 0.4) is 0 Å². The van der Waals surface area contributed by atoms with Gasteiger partial charge >= 0.3 is 0 Å². The van der Waals surface area contributed by atoms with E-state index in [0.717, 1.165) is 35.7 Å². The van der Waals surface area contributed by atoms with Gasteiger partial charge in [0, 0.05) is 36.8 Å². The fourth-order valence-corrected chi connectivity index (χ4v) is 5.27. The lowest BCUT2D eigenvalue weighted by Gasteiger charge is -2.33. The van der Waals surface area contributed by atoms with Crippen molar-refractivity contribution in [2.45, 2.75) is 25.4 Å². The van der Waals surface area contributed by atoms with Gasteiger partial charge in [0.1, 0.15) is 40.1 Å². The quantitative estimate of drug-likeness (QED) is 0.360. The Balaban J connectivity index is 0.00000308. The largest absolute Gasteiger partial charge is 0.355 e. The molecule has 0 bridgehead atoms. The van der Waals surface area contributed by atoms with Crippen LogP contribution in [0.1, 0.15) is 24.1 Å². The van der Waals surface area contributed by atoms with E-state index in [4.69, 9.17) is 5.73 Å². The molecule has 1 fully saturated rings. The Hall–Kier alpha value is -4.33. The minimum Gasteiger partial charge on any atom is -0.355 e. The van der Waals surface area contributed by atoms with Gasteiger partial charge in [-0.05, 0) is 36.4 Å². The first kappa shape index (κ1) is 26.3. The highest BCUT2D eigenvalue weighted by molar-refractivity contribution is 5.91. The molecule has 1 atom stereocenters. The predicted molar refractivity (Wildman–Crippen MR) is 147 cm³/mol. The fourth-order valence-electron chi connectivity index (χ4n) is 5.27. The Labute approximate surface area is 228 Å². The number of hydrogen-bond acceptors (Lipinski definition) is 6. The molecule has 1 aliphatic rings. The molecule has 0 radical (unpaired) electrons. The third kappa shape index (κ3) is 4.50. The second-order valence-corrected chi connectivity index (χ2v) is 9.44. The first-order chi connectivity index (χ1) is 18.5. The number of rotatable bonds is 4. The molecule has 198 valence electrons. The summed E-state index contributed by atoms with van der Waals surface area (Å²) in [6, 6.07) is 14.8. The van der Waals surface area contributed by atoms with Gasteiger partial charge in [-0.2, -0.15) is 5.26 Å². The molecule has 1 unspecified atom stereocenters. The molecule has 6 rings (SSSR count). The summed E-state index contributed by atoms with van der Waals surface area (Å²) in [5.74, 6) is -1.28. The van der Waals surface area contributed by atoms with E-state index < -0.39 is 17.2 Å². The molecule has 2 N–H and O–H groups in total. The zero-order valence-electron chi connectivity index (χ0n) is 20.7. The second kappa shape index (κ2) is 10.4. The van der Waals surface area contributed by atoms with E-state index in [-0.39, 0.29) is 47.3 Å². The summed E-state index contributed by atoms with van der Waals surface area (Å²) in [4.78, 5) is 24.8. The normalized spacial score (nSPS) is 15.3. The fraction of sp³-hybridized carbons (Fsp3) is 0.214. The molecule has 3 aromatic heterocycles. The Kier molecular flexibility index (Phi) is 7.04. The van der Waals surface area contributed by atoms with Gasteiger partial charge in [0.2, 0.25) is 0 Å². The number of benzene rings is 2. The number of piperidine rings is 1. The summed E-state index contributed by atoms with van der Waals surface area (Å²) in [5.41, 5.74) is 6.70. The van der Waals surface area contributed by atoms with Gasteiger partial charge in [0.15, 0.2) is 0 Å². The third-order valence-corrected chi connectivity index (χ3v) is 7.01. The minimum atomic E-state index is -0.862. The molecule has 0 aliphatic carbocycles. The van der Waals surface area contributed by atoms with Crippen LogP contribution in [0.25, 0.3) is 27.5 Å². The average molecular weight is 548 g/mol. The zero-order chi connectivity index (χ0) is 26.4. The van der Waals surface area contributed by atoms with Crippen LogP contribution in [0.5, 0.6) is 0 Å². The first-order valence-electron chi connectivity index (χ1n) is 12.3. The van der Waals surface area contributed by atoms with Gasteiger partial charge in [-0.3, -0.25) is 18.9 Å². The molecule has 1 saturated heterocycles. The molecule has 1 aliphatic heterocycles. The topological polar surface area (TPSA) is 106 Å². The Morgan fingerprint density at radius 1 is 1.13 bits per heavy atom. The van der Waals surface area contributed by atoms with Crippen molar-refractivity contribution in [2.24, 2.45) is 5.73 Å². The predicted octanol–water partition coefficient (Wildman–Crippen LogP) is 4.28. The Morgan fingerprint density at radius 2 is 1.95 bits per heavy atom. The summed E-state index contributed by atoms with van der Waals surface area (Å²) < 4.78 is 31.9. The molecule has 5 aromatic rings. The molecular weight excluding hydrogens is 524 g/mol. The van der Waals surface area contributed by atoms with Crippen LogP contribution in [-0.2, 0) is 6.54 Å². The van der Waals surface area contributed by atoms with Crippen molar-refractivity contribution in [1.29, 1.82) is 5.26 Å². The number of halogens is 3. The van der Waals surface area contributed by atoms with Gasteiger partial charge in [-0.25, -0.2) is 13.8 Å². The number of nitrogens with zero attached hydrogens (tertiary/aromatic N) is 6. The molecule has 8 nitrogen and oxygen atoms in total. The number of nitrogens with two attached hydrogens (primary N) is 1. The van der Waals surface area contributed by atoms with E-state index in [1.54, 1.807) is 6.20 Å². The van der Waals surface area contributed by atoms with Crippen LogP contribution in [0.4, 0.5) is 14.6 Å². The van der Waals surface area contributed by atoms with E-state index in [1.165, 1.54) is 21.5 Å². The van der Waals surface area contributed by atoms with Crippen LogP contribution >= 0.6 is 12.4 Å². The molecule has 0 amide bonds. The van der Waals surface area contributed by atoms with E-state index in [0.29, 0.717) is 24.6 Å². The maximum atomic E-state index is 15.2. The van der Waals surface area contributed by atoms with Crippen molar-refractivity contribution >= 4 is 40.0 Å². The number of anilines is 1. The second-order valence-electron chi connectivity index (χ2n) is 9.44. The van der Waals surface area contributed by atoms with Crippen molar-refractivity contribution in [3.63, 3.8) is 0 Å². The van der Waals surface area contributed by atoms with Crippen molar-refractivity contribution < 1.29 is 8.78 Å². The van der Waals surface area contributed by atoms with E-state index in [1.807, 2.05) is 35.2 Å². The standard InChI is InChI=1S/C28H23F2N7O.ClH/c29-18-7-8-24(22(30)12-18)37-26-25(21(13-31)27(37)35-11-3-5-19(32)14-35)34-16-36(28(26)38)15-23-20-6-2-1-4-17(20)9-10-33-23;/h1-2,4,6-10,12,16,19H,3,5,11,14-15,32H2;1H. The SMILES string of the molecule is Cl.N#Cc1c(N2CCCC(N)C2)n(-c2ccc(F)cc2F)c2c(=O)n(Cc3nccc4ccccc34)cnc12. The smallest absolute Gasteiger partial charge is 0.278 e. The maximum Gasteiger partial charge on any atom is 0.278 e. The molecular formula is C28H24ClF2N7O. The van der Waals surface area contributed by atoms with Gasteiger partial charge < -0.3 is 10.6 Å². The first-order valence-corrected chi connectivity index (χ1v) is 12.3. The lowest BCUT2D eigenvalue weighted by atomic mass is 10.1. The molecule has 0 saturated carbocycles. The van der Waals surface area contributed by atoms with Gasteiger partial charge in [-0.1, -0.05) is 24.3 Å². The molecule has 4 heterocycles. The van der Waals surface area contributed by atoms with Gasteiger partial charge in [-0.15, -0.1) is 12.4 Å². The molecule has 2 aromatic carbocycles. The van der Waals surface area contributed by atoms with Crippen molar-refractivity contribution in [3.05, 3.63) is 94.3 Å². The van der Waals surface area contributed by atoms with E-state index in [9.17, 15) is 14.4 Å². The summed E-state index contributed by atoms with van der Waals surface area (Å²) in [6.45, 7) is 1.10. The molecule has 0 spiro atoms. The Bertz CT molecular complexity index is 1810. The highest BCUT2D eigenvalue weighted by atomic mass is 35.5. The maximum absolute atomic E-state index is 15.2. The average Bonchev–Trinajstić information content (AvgIpc) is 3.25. The summed E-state index contributed by atoms with van der Waals surface area (Å²) in [5, 5.41) is 12.0. The van der Waals surface area contributed by atoms with Crippen molar-refractivity contribution in [3.8, 4) is 11.8 Å². The van der Waals surface area contributed by atoms with Crippen LogP contribution in [0.2, 0.25) is 0 Å². The number of pyridine rings is 1. The third-order valence-electron chi connectivity index (χ3n) is 7.01. The monoisotopic (exact) mass is 547 g/mol. The number of aromatic nitrogens is 4. The van der Waals surface area contributed by atoms with Gasteiger partial charge in [0.25, 0.3) is 5.56 Å². The Morgan fingerprint density at radius 3 is 2.72 bits per heavy atom.